The van der Waals surface area contributed by atoms with E-state index in [0.717, 1.165) is 11.1 Å². The predicted octanol–water partition coefficient (Wildman–Crippen LogP) is 5.17. The van der Waals surface area contributed by atoms with Gasteiger partial charge in [-0.15, -0.1) is 11.6 Å². The van der Waals surface area contributed by atoms with Gasteiger partial charge in [0.05, 0.1) is 15.9 Å². The first kappa shape index (κ1) is 29.0. The average Bonchev–Trinajstić information content (AvgIpc) is 2.79. The number of aliphatic hydroxyl groups is 1. The Hall–Kier alpha value is -2.19. The van der Waals surface area contributed by atoms with Crippen LogP contribution in [0.3, 0.4) is 0 Å². The fraction of sp³-hybridized carbons (Fsp3) is 0.440. The lowest BCUT2D eigenvalue weighted by molar-refractivity contribution is -0.146. The lowest BCUT2D eigenvalue weighted by atomic mass is 9.78. The van der Waals surface area contributed by atoms with E-state index >= 15 is 0 Å². The number of carbonyl (C=O) groups excluding carboxylic acids is 2. The summed E-state index contributed by atoms with van der Waals surface area (Å²) in [7, 11) is 0. The van der Waals surface area contributed by atoms with E-state index in [1.54, 1.807) is 24.3 Å². The van der Waals surface area contributed by atoms with Gasteiger partial charge in [0.25, 0.3) is 0 Å². The summed E-state index contributed by atoms with van der Waals surface area (Å²) in [5.74, 6) is 0.00392. The van der Waals surface area contributed by atoms with Gasteiger partial charge in [-0.2, -0.15) is 0 Å². The van der Waals surface area contributed by atoms with Gasteiger partial charge in [0.15, 0.2) is 5.75 Å². The molecule has 2 rings (SSSR count). The summed E-state index contributed by atoms with van der Waals surface area (Å²) in [5.41, 5.74) is 1.37. The maximum absolute atomic E-state index is 11.2. The third-order valence-corrected chi connectivity index (χ3v) is 6.04. The van der Waals surface area contributed by atoms with Gasteiger partial charge in [0.2, 0.25) is 0 Å². The van der Waals surface area contributed by atoms with Gasteiger partial charge in [0.1, 0.15) is 37.8 Å². The van der Waals surface area contributed by atoms with Crippen LogP contribution in [0.4, 0.5) is 0 Å². The van der Waals surface area contributed by atoms with Crippen LogP contribution in [0, 0.1) is 0 Å². The van der Waals surface area contributed by atoms with Gasteiger partial charge < -0.3 is 24.1 Å². The maximum atomic E-state index is 11.2. The molecule has 0 fully saturated rings. The Morgan fingerprint density at radius 1 is 0.914 bits per heavy atom. The molecule has 0 saturated carbocycles. The van der Waals surface area contributed by atoms with Crippen LogP contribution in [0.25, 0.3) is 0 Å². The van der Waals surface area contributed by atoms with Crippen LogP contribution < -0.4 is 9.47 Å². The molecule has 35 heavy (non-hydrogen) atoms. The Morgan fingerprint density at radius 2 is 1.51 bits per heavy atom. The van der Waals surface area contributed by atoms with E-state index < -0.39 is 29.6 Å². The molecule has 192 valence electrons. The van der Waals surface area contributed by atoms with Crippen LogP contribution in [-0.2, 0) is 24.5 Å². The number of alkyl halides is 1. The van der Waals surface area contributed by atoms with Crippen LogP contribution in [0.5, 0.6) is 11.5 Å². The van der Waals surface area contributed by atoms with Crippen LogP contribution in [0.15, 0.2) is 36.4 Å². The highest BCUT2D eigenvalue weighted by molar-refractivity contribution is 6.37. The lowest BCUT2D eigenvalue weighted by Crippen LogP contribution is -2.26. The minimum Gasteiger partial charge on any atom is -0.491 e. The molecular formula is C25H29Cl3O7. The van der Waals surface area contributed by atoms with E-state index in [1.165, 1.54) is 13.8 Å². The standard InChI is InChI=1S/C25H29Cl3O7/c1-15(29)32-12-19(31)13-33-20-7-5-17(6-8-20)25(3,4)18-9-22(27)24(23(28)10-18)34-14-21(11-26)35-16(2)30/h5-10,19,21,31H,11-14H2,1-4H3. The molecule has 0 bridgehead atoms. The molecule has 0 amide bonds. The monoisotopic (exact) mass is 546 g/mol. The molecule has 0 spiro atoms. The van der Waals surface area contributed by atoms with Crippen molar-refractivity contribution in [3.63, 3.8) is 0 Å². The molecule has 2 aromatic rings. The average molecular weight is 548 g/mol. The summed E-state index contributed by atoms with van der Waals surface area (Å²) in [6.07, 6.45) is -1.55. The van der Waals surface area contributed by atoms with Crippen molar-refractivity contribution >= 4 is 46.7 Å². The summed E-state index contributed by atoms with van der Waals surface area (Å²) in [6.45, 7) is 6.50. The summed E-state index contributed by atoms with van der Waals surface area (Å²) in [4.78, 5) is 22.0. The molecular weight excluding hydrogens is 519 g/mol. The first-order chi connectivity index (χ1) is 16.4. The normalized spacial score (nSPS) is 13.0. The summed E-state index contributed by atoms with van der Waals surface area (Å²) >= 11 is 18.8. The molecule has 2 atom stereocenters. The highest BCUT2D eigenvalue weighted by Gasteiger charge is 2.26. The molecule has 1 N–H and O–H groups in total. The number of halogens is 3. The molecule has 0 radical (unpaired) electrons. The topological polar surface area (TPSA) is 91.3 Å². The maximum Gasteiger partial charge on any atom is 0.303 e. The molecule has 7 nitrogen and oxygen atoms in total. The van der Waals surface area contributed by atoms with Gasteiger partial charge >= 0.3 is 11.9 Å². The molecule has 2 aromatic carbocycles. The summed E-state index contributed by atoms with van der Waals surface area (Å²) in [5, 5.41) is 10.5. The molecule has 0 aromatic heterocycles. The third-order valence-electron chi connectivity index (χ3n) is 5.14. The van der Waals surface area contributed by atoms with E-state index in [4.69, 9.17) is 53.8 Å². The number of carbonyl (C=O) groups is 2. The van der Waals surface area contributed by atoms with E-state index in [-0.39, 0.29) is 31.5 Å². The molecule has 0 aliphatic rings. The number of rotatable bonds is 12. The zero-order chi connectivity index (χ0) is 26.2. The highest BCUT2D eigenvalue weighted by atomic mass is 35.5. The molecule has 0 saturated heterocycles. The fourth-order valence-electron chi connectivity index (χ4n) is 3.17. The second-order valence-corrected chi connectivity index (χ2v) is 9.51. The van der Waals surface area contributed by atoms with Crippen molar-refractivity contribution in [1.82, 2.24) is 0 Å². The van der Waals surface area contributed by atoms with Crippen LogP contribution in [-0.4, -0.2) is 55.0 Å². The quantitative estimate of drug-likeness (QED) is 0.289. The Labute approximate surface area is 220 Å². The number of hydrogen-bond donors (Lipinski definition) is 1. The Morgan fingerprint density at radius 3 is 2.03 bits per heavy atom. The summed E-state index contributed by atoms with van der Waals surface area (Å²) in [6, 6.07) is 10.9. The predicted molar refractivity (Wildman–Crippen MR) is 135 cm³/mol. The van der Waals surface area contributed by atoms with Crippen LogP contribution in [0.1, 0.15) is 38.8 Å². The SMILES string of the molecule is CC(=O)OCC(O)COc1ccc(C(C)(C)c2cc(Cl)c(OCC(CCl)OC(C)=O)c(Cl)c2)cc1. The van der Waals surface area contributed by atoms with Crippen molar-refractivity contribution in [3.05, 3.63) is 57.6 Å². The number of benzene rings is 2. The van der Waals surface area contributed by atoms with Crippen molar-refractivity contribution < 1.29 is 33.6 Å². The van der Waals surface area contributed by atoms with Crippen molar-refractivity contribution in [3.8, 4) is 11.5 Å². The Bertz CT molecular complexity index is 986. The smallest absolute Gasteiger partial charge is 0.303 e. The van der Waals surface area contributed by atoms with Crippen molar-refractivity contribution in [2.45, 2.75) is 45.3 Å². The minimum absolute atomic E-state index is 0.00920. The molecule has 0 heterocycles. The number of ether oxygens (including phenoxy) is 4. The van der Waals surface area contributed by atoms with Gasteiger partial charge in [-0.05, 0) is 35.4 Å². The zero-order valence-corrected chi connectivity index (χ0v) is 22.2. The second kappa shape index (κ2) is 13.2. The fourth-order valence-corrected chi connectivity index (χ4v) is 3.92. The number of aliphatic hydroxyl groups excluding tert-OH is 1. The van der Waals surface area contributed by atoms with E-state index in [2.05, 4.69) is 0 Å². The Kier molecular flexibility index (Phi) is 11.0. The third kappa shape index (κ3) is 8.76. The number of esters is 2. The zero-order valence-electron chi connectivity index (χ0n) is 20.0. The largest absolute Gasteiger partial charge is 0.491 e. The summed E-state index contributed by atoms with van der Waals surface area (Å²) < 4.78 is 21.1. The molecule has 0 aliphatic heterocycles. The van der Waals surface area contributed by atoms with E-state index in [1.807, 2.05) is 26.0 Å². The second-order valence-electron chi connectivity index (χ2n) is 8.38. The highest BCUT2D eigenvalue weighted by Crippen LogP contribution is 2.40. The Balaban J connectivity index is 2.09. The van der Waals surface area contributed by atoms with E-state index in [0.29, 0.717) is 15.8 Å². The number of hydrogen-bond acceptors (Lipinski definition) is 7. The van der Waals surface area contributed by atoms with E-state index in [9.17, 15) is 14.7 Å². The van der Waals surface area contributed by atoms with Gasteiger partial charge in [0, 0.05) is 19.3 Å². The molecule has 0 aliphatic carbocycles. The minimum atomic E-state index is -0.922. The van der Waals surface area contributed by atoms with Crippen molar-refractivity contribution in [2.24, 2.45) is 0 Å². The lowest BCUT2D eigenvalue weighted by Gasteiger charge is -2.27. The van der Waals surface area contributed by atoms with Crippen LogP contribution in [0.2, 0.25) is 10.0 Å². The van der Waals surface area contributed by atoms with Crippen molar-refractivity contribution in [2.75, 3.05) is 25.7 Å². The molecule has 2 unspecified atom stereocenters. The van der Waals surface area contributed by atoms with Crippen molar-refractivity contribution in [1.29, 1.82) is 0 Å². The van der Waals surface area contributed by atoms with Crippen LogP contribution >= 0.6 is 34.8 Å². The first-order valence-electron chi connectivity index (χ1n) is 10.8. The first-order valence-corrected chi connectivity index (χ1v) is 12.1. The molecule has 10 heteroatoms. The van der Waals surface area contributed by atoms with Gasteiger partial charge in [-0.3, -0.25) is 9.59 Å². The van der Waals surface area contributed by atoms with Gasteiger partial charge in [-0.25, -0.2) is 0 Å². The van der Waals surface area contributed by atoms with Gasteiger partial charge in [-0.1, -0.05) is 49.2 Å².